The fraction of sp³-hybridized carbons (Fsp3) is 0.462. The van der Waals surface area contributed by atoms with Gasteiger partial charge >= 0.3 is 6.03 Å². The second kappa shape index (κ2) is 8.58. The van der Waals surface area contributed by atoms with E-state index < -0.39 is 0 Å². The third kappa shape index (κ3) is 6.58. The van der Waals surface area contributed by atoms with Crippen molar-refractivity contribution in [1.82, 2.24) is 10.6 Å². The summed E-state index contributed by atoms with van der Waals surface area (Å²) in [6.07, 6.45) is 2.09. The largest absolute Gasteiger partial charge is 0.338 e. The van der Waals surface area contributed by atoms with Gasteiger partial charge in [-0.3, -0.25) is 0 Å². The number of benzene rings is 1. The quantitative estimate of drug-likeness (QED) is 0.635. The summed E-state index contributed by atoms with van der Waals surface area (Å²) in [6, 6.07) is 9.29. The maximum atomic E-state index is 11.5. The zero-order chi connectivity index (χ0) is 12.3. The van der Waals surface area contributed by atoms with Crippen LogP contribution in [0.4, 0.5) is 10.5 Å². The predicted molar refractivity (Wildman–Crippen MR) is 71.2 cm³/mol. The molecule has 0 heterocycles. The molecule has 0 saturated carbocycles. The Balaban J connectivity index is 2.06. The van der Waals surface area contributed by atoms with Crippen LogP contribution in [0.2, 0.25) is 0 Å². The van der Waals surface area contributed by atoms with Crippen molar-refractivity contribution in [2.75, 3.05) is 25.0 Å². The van der Waals surface area contributed by atoms with Crippen LogP contribution in [0.1, 0.15) is 19.8 Å². The third-order valence-electron chi connectivity index (χ3n) is 2.27. The Morgan fingerprint density at radius 1 is 1.12 bits per heavy atom. The van der Waals surface area contributed by atoms with E-state index in [1.54, 1.807) is 0 Å². The van der Waals surface area contributed by atoms with Crippen molar-refractivity contribution in [3.8, 4) is 0 Å². The molecule has 1 aromatic carbocycles. The molecule has 17 heavy (non-hydrogen) atoms. The fourth-order valence-electron chi connectivity index (χ4n) is 1.41. The molecule has 0 atom stereocenters. The maximum absolute atomic E-state index is 11.5. The molecule has 94 valence electrons. The standard InChI is InChI=1S/C13H21N3O/c1-2-9-14-10-6-11-15-13(17)16-12-7-4-3-5-8-12/h3-5,7-8,14H,2,6,9-11H2,1H3,(H2,15,16,17). The highest BCUT2D eigenvalue weighted by molar-refractivity contribution is 5.89. The van der Waals surface area contributed by atoms with Crippen molar-refractivity contribution in [3.63, 3.8) is 0 Å². The van der Waals surface area contributed by atoms with Gasteiger partial charge in [0, 0.05) is 12.2 Å². The van der Waals surface area contributed by atoms with Gasteiger partial charge in [-0.1, -0.05) is 25.1 Å². The molecule has 0 bridgehead atoms. The van der Waals surface area contributed by atoms with E-state index in [2.05, 4.69) is 22.9 Å². The first-order valence-corrected chi connectivity index (χ1v) is 6.13. The topological polar surface area (TPSA) is 53.2 Å². The normalized spacial score (nSPS) is 9.94. The lowest BCUT2D eigenvalue weighted by Crippen LogP contribution is -2.31. The average Bonchev–Trinajstić information content (AvgIpc) is 2.35. The average molecular weight is 235 g/mol. The van der Waals surface area contributed by atoms with Crippen LogP contribution in [0.3, 0.4) is 0 Å². The van der Waals surface area contributed by atoms with E-state index in [9.17, 15) is 4.79 Å². The molecule has 0 aliphatic heterocycles. The van der Waals surface area contributed by atoms with E-state index in [0.29, 0.717) is 6.54 Å². The molecule has 0 aromatic heterocycles. The molecule has 3 N–H and O–H groups in total. The van der Waals surface area contributed by atoms with Gasteiger partial charge in [-0.2, -0.15) is 0 Å². The molecule has 0 fully saturated rings. The van der Waals surface area contributed by atoms with E-state index >= 15 is 0 Å². The number of rotatable bonds is 7. The Kier molecular flexibility index (Phi) is 6.82. The number of para-hydroxylation sites is 1. The van der Waals surface area contributed by atoms with E-state index in [-0.39, 0.29) is 6.03 Å². The number of urea groups is 1. The number of anilines is 1. The molecule has 4 heteroatoms. The molecule has 1 rings (SSSR count). The van der Waals surface area contributed by atoms with Crippen LogP contribution in [0.25, 0.3) is 0 Å². The minimum Gasteiger partial charge on any atom is -0.338 e. The van der Waals surface area contributed by atoms with E-state index in [1.165, 1.54) is 0 Å². The number of hydrogen-bond donors (Lipinski definition) is 3. The SMILES string of the molecule is CCCNCCCNC(=O)Nc1ccccc1. The first kappa shape index (κ1) is 13.5. The summed E-state index contributed by atoms with van der Waals surface area (Å²) in [5.74, 6) is 0. The highest BCUT2D eigenvalue weighted by Gasteiger charge is 1.99. The molecule has 0 saturated heterocycles. The van der Waals surface area contributed by atoms with Gasteiger partial charge in [-0.25, -0.2) is 4.79 Å². The lowest BCUT2D eigenvalue weighted by atomic mass is 10.3. The van der Waals surface area contributed by atoms with Crippen LogP contribution in [0.15, 0.2) is 30.3 Å². The van der Waals surface area contributed by atoms with Crippen LogP contribution < -0.4 is 16.0 Å². The highest BCUT2D eigenvalue weighted by atomic mass is 16.2. The van der Waals surface area contributed by atoms with Crippen molar-refractivity contribution in [3.05, 3.63) is 30.3 Å². The minimum atomic E-state index is -0.147. The number of carbonyl (C=O) groups excluding carboxylic acids is 1. The summed E-state index contributed by atoms with van der Waals surface area (Å²) in [5.41, 5.74) is 0.814. The monoisotopic (exact) mass is 235 g/mol. The Bertz CT molecular complexity index is 314. The number of amides is 2. The molecule has 2 amide bonds. The zero-order valence-electron chi connectivity index (χ0n) is 10.3. The minimum absolute atomic E-state index is 0.147. The summed E-state index contributed by atoms with van der Waals surface area (Å²) in [4.78, 5) is 11.5. The van der Waals surface area contributed by atoms with E-state index in [4.69, 9.17) is 0 Å². The van der Waals surface area contributed by atoms with Crippen molar-refractivity contribution in [2.45, 2.75) is 19.8 Å². The van der Waals surface area contributed by atoms with Gasteiger partial charge in [-0.15, -0.1) is 0 Å². The summed E-state index contributed by atoms with van der Waals surface area (Å²) in [5, 5.41) is 8.88. The van der Waals surface area contributed by atoms with Crippen LogP contribution in [0, 0.1) is 0 Å². The van der Waals surface area contributed by atoms with Crippen LogP contribution in [-0.4, -0.2) is 25.7 Å². The second-order valence-corrected chi connectivity index (χ2v) is 3.85. The zero-order valence-corrected chi connectivity index (χ0v) is 10.3. The van der Waals surface area contributed by atoms with Gasteiger partial charge in [0.1, 0.15) is 0 Å². The van der Waals surface area contributed by atoms with Crippen molar-refractivity contribution in [1.29, 1.82) is 0 Å². The van der Waals surface area contributed by atoms with Crippen molar-refractivity contribution < 1.29 is 4.79 Å². The summed E-state index contributed by atoms with van der Waals surface area (Å²) in [7, 11) is 0. The van der Waals surface area contributed by atoms with Crippen LogP contribution >= 0.6 is 0 Å². The number of nitrogens with one attached hydrogen (secondary N) is 3. The van der Waals surface area contributed by atoms with Crippen molar-refractivity contribution >= 4 is 11.7 Å². The Labute approximate surface area is 103 Å². The summed E-state index contributed by atoms with van der Waals surface area (Å²) in [6.45, 7) is 4.81. The lowest BCUT2D eigenvalue weighted by molar-refractivity contribution is 0.252. The van der Waals surface area contributed by atoms with Gasteiger partial charge in [-0.05, 0) is 38.1 Å². The first-order chi connectivity index (χ1) is 8.33. The van der Waals surface area contributed by atoms with Gasteiger partial charge in [0.2, 0.25) is 0 Å². The maximum Gasteiger partial charge on any atom is 0.319 e. The predicted octanol–water partition coefficient (Wildman–Crippen LogP) is 2.20. The highest BCUT2D eigenvalue weighted by Crippen LogP contribution is 2.03. The third-order valence-corrected chi connectivity index (χ3v) is 2.27. The number of carbonyl (C=O) groups is 1. The number of hydrogen-bond acceptors (Lipinski definition) is 2. The molecule has 0 aliphatic carbocycles. The summed E-state index contributed by atoms with van der Waals surface area (Å²) >= 11 is 0. The Morgan fingerprint density at radius 2 is 1.88 bits per heavy atom. The molecule has 0 unspecified atom stereocenters. The fourth-order valence-corrected chi connectivity index (χ4v) is 1.41. The lowest BCUT2D eigenvalue weighted by Gasteiger charge is -2.07. The molecular formula is C13H21N3O. The molecular weight excluding hydrogens is 214 g/mol. The molecule has 0 aliphatic rings. The van der Waals surface area contributed by atoms with Gasteiger partial charge < -0.3 is 16.0 Å². The summed E-state index contributed by atoms with van der Waals surface area (Å²) < 4.78 is 0. The van der Waals surface area contributed by atoms with E-state index in [0.717, 1.165) is 31.6 Å². The van der Waals surface area contributed by atoms with Gasteiger partial charge in [0.25, 0.3) is 0 Å². The first-order valence-electron chi connectivity index (χ1n) is 6.13. The van der Waals surface area contributed by atoms with Crippen molar-refractivity contribution in [2.24, 2.45) is 0 Å². The second-order valence-electron chi connectivity index (χ2n) is 3.85. The van der Waals surface area contributed by atoms with Gasteiger partial charge in [0.05, 0.1) is 0 Å². The van der Waals surface area contributed by atoms with E-state index in [1.807, 2.05) is 30.3 Å². The van der Waals surface area contributed by atoms with Crippen LogP contribution in [-0.2, 0) is 0 Å². The Hall–Kier alpha value is -1.55. The smallest absolute Gasteiger partial charge is 0.319 e. The molecule has 4 nitrogen and oxygen atoms in total. The molecule has 1 aromatic rings. The van der Waals surface area contributed by atoms with Gasteiger partial charge in [0.15, 0.2) is 0 Å². The Morgan fingerprint density at radius 3 is 2.59 bits per heavy atom. The molecule has 0 radical (unpaired) electrons. The molecule has 0 spiro atoms. The van der Waals surface area contributed by atoms with Crippen LogP contribution in [0.5, 0.6) is 0 Å².